The Hall–Kier alpha value is -0.0400. The van der Waals surface area contributed by atoms with Gasteiger partial charge < -0.3 is 4.90 Å². The number of nitrogens with zero attached hydrogens (tertiary/aromatic N) is 1. The van der Waals surface area contributed by atoms with Crippen molar-refractivity contribution in [2.24, 2.45) is 0 Å². The minimum Gasteiger partial charge on any atom is -0.304 e. The average molecular weight is 262 g/mol. The monoisotopic (exact) mass is 261 g/mol. The maximum atomic E-state index is 2.46. The van der Waals surface area contributed by atoms with Crippen molar-refractivity contribution in [3.8, 4) is 0 Å². The van der Waals surface area contributed by atoms with Crippen LogP contribution in [0.2, 0.25) is 0 Å². The second kappa shape index (κ2) is 36.0. The molecule has 0 N–H and O–H groups in total. The van der Waals surface area contributed by atoms with Gasteiger partial charge in [-0.05, 0) is 26.1 Å². The Morgan fingerprint density at radius 1 is 0.556 bits per heavy atom. The minimum atomic E-state index is 1.20. The molecule has 0 saturated carbocycles. The highest BCUT2D eigenvalue weighted by atomic mass is 15.1. The largest absolute Gasteiger partial charge is 0.304 e. The molecule has 0 aromatic rings. The Bertz CT molecular complexity index is 75.7. The van der Waals surface area contributed by atoms with Crippen LogP contribution in [0.5, 0.6) is 0 Å². The van der Waals surface area contributed by atoms with Crippen LogP contribution in [0.25, 0.3) is 0 Å². The number of hydrogen-bond acceptors (Lipinski definition) is 1. The van der Waals surface area contributed by atoms with Crippen molar-refractivity contribution in [2.75, 3.05) is 19.6 Å². The van der Waals surface area contributed by atoms with Gasteiger partial charge in [-0.15, -0.1) is 0 Å². The van der Waals surface area contributed by atoms with Gasteiger partial charge in [0.25, 0.3) is 0 Å². The van der Waals surface area contributed by atoms with Crippen LogP contribution in [0.15, 0.2) is 0 Å². The van der Waals surface area contributed by atoms with Gasteiger partial charge in [0.05, 0.1) is 0 Å². The van der Waals surface area contributed by atoms with E-state index in [1.807, 2.05) is 27.7 Å². The Balaban J connectivity index is -0.0000000925. The van der Waals surface area contributed by atoms with Gasteiger partial charge >= 0.3 is 0 Å². The van der Waals surface area contributed by atoms with Gasteiger partial charge in [-0.3, -0.25) is 0 Å². The van der Waals surface area contributed by atoms with Crippen molar-refractivity contribution < 1.29 is 0 Å². The van der Waals surface area contributed by atoms with E-state index < -0.39 is 0 Å². The van der Waals surface area contributed by atoms with E-state index in [1.165, 1.54) is 51.7 Å². The van der Waals surface area contributed by atoms with Crippen molar-refractivity contribution in [3.05, 3.63) is 0 Å². The highest BCUT2D eigenvalue weighted by Crippen LogP contribution is 1.92. The third kappa shape index (κ3) is 36.0. The van der Waals surface area contributed by atoms with Gasteiger partial charge in [0.1, 0.15) is 0 Å². The van der Waals surface area contributed by atoms with Crippen molar-refractivity contribution in [1.29, 1.82) is 0 Å². The van der Waals surface area contributed by atoms with Crippen molar-refractivity contribution >= 4 is 0 Å². The van der Waals surface area contributed by atoms with E-state index in [9.17, 15) is 0 Å². The van der Waals surface area contributed by atoms with Crippen LogP contribution >= 0.6 is 0 Å². The molecule has 116 valence electrons. The summed E-state index contributed by atoms with van der Waals surface area (Å²) in [5.41, 5.74) is 0. The molecule has 1 heteroatoms. The SMILES string of the molecule is CC.CC.CCCCC.CCCCN(CC)CC. The van der Waals surface area contributed by atoms with Gasteiger partial charge in [0, 0.05) is 0 Å². The maximum absolute atomic E-state index is 2.46. The van der Waals surface area contributed by atoms with E-state index in [0.717, 1.165) is 0 Å². The van der Waals surface area contributed by atoms with Crippen LogP contribution < -0.4 is 0 Å². The predicted octanol–water partition coefficient (Wildman–Crippen LogP) is 6.38. The molecular formula is C17H43N. The lowest BCUT2D eigenvalue weighted by atomic mass is 10.3. The summed E-state index contributed by atoms with van der Waals surface area (Å²) in [5.74, 6) is 0. The zero-order chi connectivity index (χ0) is 15.2. The van der Waals surface area contributed by atoms with Gasteiger partial charge in [0.15, 0.2) is 0 Å². The fourth-order valence-electron chi connectivity index (χ4n) is 1.28. The zero-order valence-electron chi connectivity index (χ0n) is 15.1. The van der Waals surface area contributed by atoms with Crippen LogP contribution in [-0.2, 0) is 0 Å². The summed E-state index contributed by atoms with van der Waals surface area (Å²) in [4.78, 5) is 2.46. The van der Waals surface area contributed by atoms with Crippen LogP contribution in [0.4, 0.5) is 0 Å². The first-order valence-electron chi connectivity index (χ1n) is 8.48. The van der Waals surface area contributed by atoms with Crippen LogP contribution in [0.3, 0.4) is 0 Å². The molecule has 0 aromatic heterocycles. The van der Waals surface area contributed by atoms with Crippen LogP contribution in [-0.4, -0.2) is 24.5 Å². The molecule has 0 unspecified atom stereocenters. The van der Waals surface area contributed by atoms with Gasteiger partial charge in [-0.2, -0.15) is 0 Å². The lowest BCUT2D eigenvalue weighted by molar-refractivity contribution is 0.299. The molecule has 1 nitrogen and oxygen atoms in total. The molecule has 0 bridgehead atoms. The van der Waals surface area contributed by atoms with E-state index >= 15 is 0 Å². The summed E-state index contributed by atoms with van der Waals surface area (Å²) < 4.78 is 0. The molecule has 0 radical (unpaired) electrons. The highest BCUT2D eigenvalue weighted by Gasteiger charge is 1.94. The van der Waals surface area contributed by atoms with Crippen LogP contribution in [0, 0.1) is 0 Å². The summed E-state index contributed by atoms with van der Waals surface area (Å²) >= 11 is 0. The Morgan fingerprint density at radius 3 is 1.06 bits per heavy atom. The Labute approximate surface area is 119 Å². The van der Waals surface area contributed by atoms with Crippen LogP contribution in [0.1, 0.15) is 94.4 Å². The minimum absolute atomic E-state index is 1.20. The molecule has 0 rings (SSSR count). The quantitative estimate of drug-likeness (QED) is 0.514. The first kappa shape index (κ1) is 26.5. The van der Waals surface area contributed by atoms with Gasteiger partial charge in [-0.25, -0.2) is 0 Å². The zero-order valence-corrected chi connectivity index (χ0v) is 15.1. The molecule has 0 aliphatic rings. The third-order valence-electron chi connectivity index (χ3n) is 2.43. The standard InChI is InChI=1S/C8H19N.C5H12.2C2H6/c1-4-7-8-9(5-2)6-3;1-3-5-4-2;2*1-2/h4-8H2,1-3H3;3-5H2,1-2H3;2*1-2H3. The molecule has 0 saturated heterocycles. The molecule has 0 heterocycles. The second-order valence-corrected chi connectivity index (χ2v) is 3.73. The predicted molar refractivity (Wildman–Crippen MR) is 90.6 cm³/mol. The topological polar surface area (TPSA) is 3.24 Å². The maximum Gasteiger partial charge on any atom is -0.00191 e. The summed E-state index contributed by atoms with van der Waals surface area (Å²) in [6.45, 7) is 22.8. The second-order valence-electron chi connectivity index (χ2n) is 3.73. The molecule has 0 spiro atoms. The molecule has 0 atom stereocenters. The number of hydrogen-bond donors (Lipinski definition) is 0. The van der Waals surface area contributed by atoms with Crippen molar-refractivity contribution in [1.82, 2.24) is 4.90 Å². The van der Waals surface area contributed by atoms with E-state index in [2.05, 4.69) is 39.5 Å². The summed E-state index contributed by atoms with van der Waals surface area (Å²) in [6, 6.07) is 0. The van der Waals surface area contributed by atoms with E-state index in [1.54, 1.807) is 0 Å². The molecule has 0 aromatic carbocycles. The molecule has 0 amide bonds. The lowest BCUT2D eigenvalue weighted by Crippen LogP contribution is -2.23. The average Bonchev–Trinajstić information content (AvgIpc) is 2.46. The van der Waals surface area contributed by atoms with E-state index in [-0.39, 0.29) is 0 Å². The van der Waals surface area contributed by atoms with E-state index in [0.29, 0.717) is 0 Å². The van der Waals surface area contributed by atoms with Crippen molar-refractivity contribution in [2.45, 2.75) is 94.4 Å². The number of rotatable bonds is 7. The molecular weight excluding hydrogens is 218 g/mol. The smallest absolute Gasteiger partial charge is 0.00191 e. The Kier molecular flexibility index (Phi) is 53.0. The highest BCUT2D eigenvalue weighted by molar-refractivity contribution is 4.49. The molecule has 0 aliphatic carbocycles. The van der Waals surface area contributed by atoms with E-state index in [4.69, 9.17) is 0 Å². The first-order valence-corrected chi connectivity index (χ1v) is 8.48. The first-order chi connectivity index (χ1) is 8.76. The fourth-order valence-corrected chi connectivity index (χ4v) is 1.28. The Morgan fingerprint density at radius 2 is 0.889 bits per heavy atom. The summed E-state index contributed by atoms with van der Waals surface area (Å²) in [6.07, 6.45) is 6.74. The third-order valence-corrected chi connectivity index (χ3v) is 2.43. The molecule has 0 aliphatic heterocycles. The van der Waals surface area contributed by atoms with Gasteiger partial charge in [0.2, 0.25) is 0 Å². The fraction of sp³-hybridized carbons (Fsp3) is 1.00. The normalized spacial score (nSPS) is 8.33. The molecule has 18 heavy (non-hydrogen) atoms. The van der Waals surface area contributed by atoms with Crippen molar-refractivity contribution in [3.63, 3.8) is 0 Å². The number of unbranched alkanes of at least 4 members (excludes halogenated alkanes) is 3. The summed E-state index contributed by atoms with van der Waals surface area (Å²) in [7, 11) is 0. The molecule has 0 fully saturated rings. The summed E-state index contributed by atoms with van der Waals surface area (Å²) in [5, 5.41) is 0. The van der Waals surface area contributed by atoms with Gasteiger partial charge in [-0.1, -0.05) is 88.0 Å². The lowest BCUT2D eigenvalue weighted by Gasteiger charge is -2.16.